The average Bonchev–Trinajstić information content (AvgIpc) is 2.49. The predicted octanol–water partition coefficient (Wildman–Crippen LogP) is 5.71. The van der Waals surface area contributed by atoms with Gasteiger partial charge in [0.25, 0.3) is 0 Å². The summed E-state index contributed by atoms with van der Waals surface area (Å²) in [6.45, 7) is 0. The highest BCUT2D eigenvalue weighted by molar-refractivity contribution is 14.1. The normalized spacial score (nSPS) is 13.9. The fourth-order valence-electron chi connectivity index (χ4n) is 2.18. The van der Waals surface area contributed by atoms with Crippen molar-refractivity contribution in [3.8, 4) is 0 Å². The molecule has 1 aliphatic carbocycles. The van der Waals surface area contributed by atoms with Gasteiger partial charge >= 0.3 is 0 Å². The average molecular weight is 478 g/mol. The summed E-state index contributed by atoms with van der Waals surface area (Å²) in [7, 11) is 0. The van der Waals surface area contributed by atoms with Crippen molar-refractivity contribution in [2.75, 3.05) is 0 Å². The highest BCUT2D eigenvalue weighted by Gasteiger charge is 2.19. The Bertz CT molecular complexity index is 591. The second kappa shape index (κ2) is 5.13. The molecule has 0 N–H and O–H groups in total. The third kappa shape index (κ3) is 2.34. The minimum Gasteiger partial charge on any atom is -0.113 e. The van der Waals surface area contributed by atoms with E-state index in [2.05, 4.69) is 93.7 Å². The van der Waals surface area contributed by atoms with Crippen LogP contribution in [0.1, 0.15) is 27.6 Å². The molecule has 0 spiro atoms. The first-order valence-corrected chi connectivity index (χ1v) is 8.15. The monoisotopic (exact) mass is 478 g/mol. The summed E-state index contributed by atoms with van der Waals surface area (Å²) >= 11 is 11.3. The smallest absolute Gasteiger partial charge is 0.0847 e. The number of benzene rings is 2. The zero-order valence-corrected chi connectivity index (χ0v) is 14.4. The topological polar surface area (TPSA) is 0 Å². The minimum atomic E-state index is -0.0746. The molecule has 1 aliphatic rings. The van der Waals surface area contributed by atoms with Gasteiger partial charge in [0.05, 0.1) is 5.38 Å². The van der Waals surface area contributed by atoms with E-state index >= 15 is 0 Å². The molecule has 0 aliphatic heterocycles. The van der Waals surface area contributed by atoms with E-state index in [1.54, 1.807) is 0 Å². The molecule has 0 heterocycles. The van der Waals surface area contributed by atoms with E-state index in [1.165, 1.54) is 29.4 Å². The van der Waals surface area contributed by atoms with Gasteiger partial charge in [-0.2, -0.15) is 0 Å². The number of fused-ring (bicyclic) bond motifs is 2. The van der Waals surface area contributed by atoms with E-state index in [9.17, 15) is 0 Å². The van der Waals surface area contributed by atoms with Crippen LogP contribution in [0.3, 0.4) is 0 Å². The van der Waals surface area contributed by atoms with Gasteiger partial charge in [0.2, 0.25) is 0 Å². The molecular formula is C15H9ClI2. The molecule has 3 rings (SSSR count). The van der Waals surface area contributed by atoms with Crippen LogP contribution in [-0.2, 0) is 0 Å². The third-order valence-electron chi connectivity index (χ3n) is 3.09. The van der Waals surface area contributed by atoms with Crippen LogP contribution >= 0.6 is 56.8 Å². The molecule has 0 saturated heterocycles. The van der Waals surface area contributed by atoms with Crippen LogP contribution in [0.25, 0.3) is 12.2 Å². The van der Waals surface area contributed by atoms with Crippen molar-refractivity contribution in [1.29, 1.82) is 0 Å². The van der Waals surface area contributed by atoms with Gasteiger partial charge in [-0.3, -0.25) is 0 Å². The summed E-state index contributed by atoms with van der Waals surface area (Å²) in [6, 6.07) is 12.9. The Morgan fingerprint density at radius 2 is 1.22 bits per heavy atom. The molecule has 2 aromatic rings. The lowest BCUT2D eigenvalue weighted by Crippen LogP contribution is -1.98. The van der Waals surface area contributed by atoms with Gasteiger partial charge in [0.1, 0.15) is 0 Å². The second-order valence-corrected chi connectivity index (χ2v) is 7.17. The molecule has 0 nitrogen and oxygen atoms in total. The van der Waals surface area contributed by atoms with Gasteiger partial charge in [-0.15, -0.1) is 11.6 Å². The zero-order valence-electron chi connectivity index (χ0n) is 9.33. The molecule has 0 unspecified atom stereocenters. The lowest BCUT2D eigenvalue weighted by Gasteiger charge is -2.14. The SMILES string of the molecule is ClC1c2cc(I)ccc2C=Cc2ccc(I)cc21. The lowest BCUT2D eigenvalue weighted by molar-refractivity contribution is 1.13. The summed E-state index contributed by atoms with van der Waals surface area (Å²) in [5.74, 6) is 0. The number of hydrogen-bond acceptors (Lipinski definition) is 0. The first kappa shape index (κ1) is 12.9. The van der Waals surface area contributed by atoms with Crippen molar-refractivity contribution in [1.82, 2.24) is 0 Å². The summed E-state index contributed by atoms with van der Waals surface area (Å²) in [6.07, 6.45) is 4.30. The first-order chi connectivity index (χ1) is 8.65. The number of hydrogen-bond donors (Lipinski definition) is 0. The maximum absolute atomic E-state index is 6.68. The van der Waals surface area contributed by atoms with E-state index < -0.39 is 0 Å². The van der Waals surface area contributed by atoms with Crippen LogP contribution < -0.4 is 0 Å². The van der Waals surface area contributed by atoms with Gasteiger partial charge < -0.3 is 0 Å². The van der Waals surface area contributed by atoms with Crippen molar-refractivity contribution >= 4 is 68.9 Å². The summed E-state index contributed by atoms with van der Waals surface area (Å²) in [4.78, 5) is 0. The van der Waals surface area contributed by atoms with Crippen LogP contribution in [0.4, 0.5) is 0 Å². The van der Waals surface area contributed by atoms with E-state index in [0.717, 1.165) is 0 Å². The molecule has 0 atom stereocenters. The quantitative estimate of drug-likeness (QED) is 0.336. The van der Waals surface area contributed by atoms with E-state index in [-0.39, 0.29) is 5.38 Å². The Hall–Kier alpha value is -0.0700. The summed E-state index contributed by atoms with van der Waals surface area (Å²) in [5, 5.41) is -0.0746. The fraction of sp³-hybridized carbons (Fsp3) is 0.0667. The van der Waals surface area contributed by atoms with Crippen molar-refractivity contribution in [3.05, 3.63) is 65.8 Å². The first-order valence-electron chi connectivity index (χ1n) is 5.56. The zero-order chi connectivity index (χ0) is 12.7. The minimum absolute atomic E-state index is 0.0746. The van der Waals surface area contributed by atoms with Gasteiger partial charge in [-0.25, -0.2) is 0 Å². The van der Waals surface area contributed by atoms with Crippen molar-refractivity contribution < 1.29 is 0 Å². The lowest BCUT2D eigenvalue weighted by atomic mass is 9.99. The maximum Gasteiger partial charge on any atom is 0.0847 e. The molecule has 90 valence electrons. The highest BCUT2D eigenvalue weighted by Crippen LogP contribution is 2.38. The fourth-order valence-corrected chi connectivity index (χ4v) is 3.59. The molecule has 0 saturated carbocycles. The van der Waals surface area contributed by atoms with Crippen molar-refractivity contribution in [2.45, 2.75) is 5.38 Å². The van der Waals surface area contributed by atoms with Gasteiger partial charge in [-0.05, 0) is 91.7 Å². The van der Waals surface area contributed by atoms with Crippen molar-refractivity contribution in [3.63, 3.8) is 0 Å². The Balaban J connectivity index is 2.25. The van der Waals surface area contributed by atoms with Gasteiger partial charge in [0.15, 0.2) is 0 Å². The maximum atomic E-state index is 6.68. The molecule has 0 aromatic heterocycles. The number of alkyl halides is 1. The highest BCUT2D eigenvalue weighted by atomic mass is 127. The van der Waals surface area contributed by atoms with E-state index in [0.29, 0.717) is 0 Å². The standard InChI is InChI=1S/C15H9ClI2/c16-15-13-7-11(17)5-3-9(13)1-2-10-4-6-12(18)8-14(10)15/h1-8,15H. The Kier molecular flexibility index (Phi) is 3.69. The summed E-state index contributed by atoms with van der Waals surface area (Å²) < 4.78 is 2.44. The Morgan fingerprint density at radius 3 is 1.67 bits per heavy atom. The molecular weight excluding hydrogens is 469 g/mol. The van der Waals surface area contributed by atoms with Crippen LogP contribution in [0.2, 0.25) is 0 Å². The van der Waals surface area contributed by atoms with Crippen LogP contribution in [-0.4, -0.2) is 0 Å². The second-order valence-electron chi connectivity index (χ2n) is 4.24. The molecule has 0 amide bonds. The van der Waals surface area contributed by atoms with Gasteiger partial charge in [-0.1, -0.05) is 24.3 Å². The van der Waals surface area contributed by atoms with Crippen LogP contribution in [0, 0.1) is 7.14 Å². The molecule has 0 fully saturated rings. The molecule has 2 aromatic carbocycles. The Labute approximate surface area is 139 Å². The van der Waals surface area contributed by atoms with Crippen molar-refractivity contribution in [2.24, 2.45) is 0 Å². The molecule has 18 heavy (non-hydrogen) atoms. The molecule has 0 bridgehead atoms. The largest absolute Gasteiger partial charge is 0.113 e. The van der Waals surface area contributed by atoms with Gasteiger partial charge in [0, 0.05) is 7.14 Å². The number of rotatable bonds is 0. The van der Waals surface area contributed by atoms with E-state index in [4.69, 9.17) is 11.6 Å². The number of halogens is 3. The third-order valence-corrected chi connectivity index (χ3v) is 4.90. The van der Waals surface area contributed by atoms with Crippen LogP contribution in [0.15, 0.2) is 36.4 Å². The predicted molar refractivity (Wildman–Crippen MR) is 94.9 cm³/mol. The molecule has 3 heteroatoms. The Morgan fingerprint density at radius 1 is 0.778 bits per heavy atom. The molecule has 0 radical (unpaired) electrons. The van der Waals surface area contributed by atoms with Crippen LogP contribution in [0.5, 0.6) is 0 Å². The summed E-state index contributed by atoms with van der Waals surface area (Å²) in [5.41, 5.74) is 4.81. The van der Waals surface area contributed by atoms with E-state index in [1.807, 2.05) is 0 Å².